The number of hydrogen-bond donors (Lipinski definition) is 2. The van der Waals surface area contributed by atoms with Crippen molar-refractivity contribution in [3.05, 3.63) is 23.9 Å². The van der Waals surface area contributed by atoms with Gasteiger partial charge in [-0.1, -0.05) is 6.07 Å². The largest absolute Gasteiger partial charge is 0.357 e. The molecule has 0 radical (unpaired) electrons. The summed E-state index contributed by atoms with van der Waals surface area (Å²) in [6.45, 7) is 10.8. The lowest BCUT2D eigenvalue weighted by Crippen LogP contribution is -2.44. The Morgan fingerprint density at radius 1 is 1.14 bits per heavy atom. The summed E-state index contributed by atoms with van der Waals surface area (Å²) in [7, 11) is 2.16. The molecule has 0 atom stereocenters. The van der Waals surface area contributed by atoms with Crippen LogP contribution in [0.25, 0.3) is 0 Å². The van der Waals surface area contributed by atoms with E-state index in [4.69, 9.17) is 0 Å². The predicted molar refractivity (Wildman–Crippen MR) is 92.4 cm³/mol. The van der Waals surface area contributed by atoms with Crippen molar-refractivity contribution in [2.45, 2.75) is 20.4 Å². The normalized spacial score (nSPS) is 15.5. The van der Waals surface area contributed by atoms with E-state index in [2.05, 4.69) is 63.4 Å². The highest BCUT2D eigenvalue weighted by Gasteiger charge is 2.14. The van der Waals surface area contributed by atoms with Gasteiger partial charge in [-0.3, -0.25) is 0 Å². The second kappa shape index (κ2) is 8.58. The Morgan fingerprint density at radius 2 is 1.82 bits per heavy atom. The summed E-state index contributed by atoms with van der Waals surface area (Å²) < 4.78 is 0. The van der Waals surface area contributed by atoms with E-state index in [9.17, 15) is 0 Å². The molecule has 6 nitrogen and oxygen atoms in total. The van der Waals surface area contributed by atoms with Crippen LogP contribution in [0.3, 0.4) is 0 Å². The van der Waals surface area contributed by atoms with Gasteiger partial charge < -0.3 is 20.4 Å². The Morgan fingerprint density at radius 3 is 2.36 bits per heavy atom. The van der Waals surface area contributed by atoms with Crippen LogP contribution in [0.5, 0.6) is 0 Å². The Labute approximate surface area is 133 Å². The molecular weight excluding hydrogens is 276 g/mol. The molecule has 1 aliphatic rings. The average molecular weight is 304 g/mol. The van der Waals surface area contributed by atoms with Crippen molar-refractivity contribution < 1.29 is 0 Å². The van der Waals surface area contributed by atoms with E-state index in [1.54, 1.807) is 0 Å². The minimum Gasteiger partial charge on any atom is -0.357 e. The van der Waals surface area contributed by atoms with E-state index in [1.807, 2.05) is 6.20 Å². The number of aliphatic imine (C=N–C) groups is 1. The number of aromatic nitrogens is 1. The molecule has 1 aromatic heterocycles. The quantitative estimate of drug-likeness (QED) is 0.625. The van der Waals surface area contributed by atoms with Gasteiger partial charge in [-0.25, -0.2) is 9.98 Å². The van der Waals surface area contributed by atoms with Crippen LogP contribution >= 0.6 is 0 Å². The number of nitrogens with one attached hydrogen (secondary N) is 2. The third-order valence-corrected chi connectivity index (χ3v) is 3.74. The second-order valence-corrected chi connectivity index (χ2v) is 5.54. The molecule has 2 rings (SSSR count). The molecular formula is C16H28N6. The number of nitrogens with zero attached hydrogens (tertiary/aromatic N) is 4. The molecule has 1 aliphatic heterocycles. The van der Waals surface area contributed by atoms with Crippen LogP contribution in [0.1, 0.15) is 19.4 Å². The molecule has 122 valence electrons. The Balaban J connectivity index is 1.92. The van der Waals surface area contributed by atoms with Crippen LogP contribution in [0.15, 0.2) is 23.3 Å². The summed E-state index contributed by atoms with van der Waals surface area (Å²) in [4.78, 5) is 13.8. The molecule has 0 bridgehead atoms. The molecule has 1 saturated heterocycles. The third kappa shape index (κ3) is 4.87. The van der Waals surface area contributed by atoms with Crippen LogP contribution in [0, 0.1) is 0 Å². The van der Waals surface area contributed by atoms with Gasteiger partial charge in [0.05, 0.1) is 6.54 Å². The van der Waals surface area contributed by atoms with E-state index < -0.39 is 0 Å². The second-order valence-electron chi connectivity index (χ2n) is 5.54. The summed E-state index contributed by atoms with van der Waals surface area (Å²) in [5.41, 5.74) is 1.13. The van der Waals surface area contributed by atoms with E-state index in [0.29, 0.717) is 6.54 Å². The topological polar surface area (TPSA) is 55.8 Å². The fraction of sp³-hybridized carbons (Fsp3) is 0.625. The van der Waals surface area contributed by atoms with Crippen molar-refractivity contribution in [3.63, 3.8) is 0 Å². The molecule has 2 heterocycles. The number of pyridine rings is 1. The average Bonchev–Trinajstić information content (AvgIpc) is 2.54. The van der Waals surface area contributed by atoms with Crippen LogP contribution in [-0.4, -0.2) is 62.2 Å². The van der Waals surface area contributed by atoms with Crippen molar-refractivity contribution in [1.82, 2.24) is 20.5 Å². The monoisotopic (exact) mass is 304 g/mol. The smallest absolute Gasteiger partial charge is 0.191 e. The van der Waals surface area contributed by atoms with Crippen LogP contribution in [0.2, 0.25) is 0 Å². The number of anilines is 1. The molecule has 6 heteroatoms. The van der Waals surface area contributed by atoms with Crippen molar-refractivity contribution in [3.8, 4) is 0 Å². The standard InChI is InChI=1S/C16H28N6/c1-4-17-16(18-5-2)20-13-14-6-7-15(19-12-14)22-10-8-21(3)9-11-22/h6-7,12H,4-5,8-11,13H2,1-3H3,(H2,17,18,20). The predicted octanol–water partition coefficient (Wildman–Crippen LogP) is 0.908. The molecule has 0 aromatic carbocycles. The zero-order chi connectivity index (χ0) is 15.8. The highest BCUT2D eigenvalue weighted by molar-refractivity contribution is 5.79. The molecule has 0 amide bonds. The van der Waals surface area contributed by atoms with Gasteiger partial charge in [-0.15, -0.1) is 0 Å². The fourth-order valence-corrected chi connectivity index (χ4v) is 2.41. The Hall–Kier alpha value is -1.82. The zero-order valence-corrected chi connectivity index (χ0v) is 14.0. The first kappa shape index (κ1) is 16.5. The number of likely N-dealkylation sites (N-methyl/N-ethyl adjacent to an activating group) is 1. The van der Waals surface area contributed by atoms with Crippen LogP contribution in [-0.2, 0) is 6.54 Å². The van der Waals surface area contributed by atoms with Gasteiger partial charge in [0.25, 0.3) is 0 Å². The number of rotatable bonds is 5. The van der Waals surface area contributed by atoms with E-state index in [1.165, 1.54) is 0 Å². The lowest BCUT2D eigenvalue weighted by atomic mass is 10.2. The van der Waals surface area contributed by atoms with Crippen LogP contribution < -0.4 is 15.5 Å². The summed E-state index contributed by atoms with van der Waals surface area (Å²) in [6.07, 6.45) is 1.94. The van der Waals surface area contributed by atoms with Gasteiger partial charge in [0.15, 0.2) is 5.96 Å². The molecule has 1 aromatic rings. The SMILES string of the molecule is CCNC(=NCc1ccc(N2CCN(C)CC2)nc1)NCC. The number of hydrogen-bond acceptors (Lipinski definition) is 4. The van der Waals surface area contributed by atoms with Gasteiger partial charge >= 0.3 is 0 Å². The highest BCUT2D eigenvalue weighted by Crippen LogP contribution is 2.13. The lowest BCUT2D eigenvalue weighted by molar-refractivity contribution is 0.312. The van der Waals surface area contributed by atoms with Gasteiger partial charge in [-0.2, -0.15) is 0 Å². The Kier molecular flexibility index (Phi) is 6.45. The molecule has 1 fully saturated rings. The van der Waals surface area contributed by atoms with E-state index in [0.717, 1.165) is 56.6 Å². The number of piperazine rings is 1. The van der Waals surface area contributed by atoms with E-state index >= 15 is 0 Å². The summed E-state index contributed by atoms with van der Waals surface area (Å²) in [6, 6.07) is 4.23. The lowest BCUT2D eigenvalue weighted by Gasteiger charge is -2.33. The Bertz CT molecular complexity index is 454. The van der Waals surface area contributed by atoms with E-state index in [-0.39, 0.29) is 0 Å². The van der Waals surface area contributed by atoms with Crippen molar-refractivity contribution in [2.24, 2.45) is 4.99 Å². The first-order chi connectivity index (χ1) is 10.7. The van der Waals surface area contributed by atoms with Crippen molar-refractivity contribution >= 4 is 11.8 Å². The fourth-order valence-electron chi connectivity index (χ4n) is 2.41. The van der Waals surface area contributed by atoms with Gasteiger partial charge in [-0.05, 0) is 32.5 Å². The molecule has 0 spiro atoms. The summed E-state index contributed by atoms with van der Waals surface area (Å²) in [5, 5.41) is 6.45. The first-order valence-corrected chi connectivity index (χ1v) is 8.13. The minimum atomic E-state index is 0.644. The molecule has 2 N–H and O–H groups in total. The highest BCUT2D eigenvalue weighted by atomic mass is 15.3. The zero-order valence-electron chi connectivity index (χ0n) is 14.0. The minimum absolute atomic E-state index is 0.644. The van der Waals surface area contributed by atoms with Gasteiger partial charge in [0.1, 0.15) is 5.82 Å². The molecule has 0 unspecified atom stereocenters. The molecule has 0 aliphatic carbocycles. The first-order valence-electron chi connectivity index (χ1n) is 8.13. The van der Waals surface area contributed by atoms with Crippen molar-refractivity contribution in [1.29, 1.82) is 0 Å². The molecule has 0 saturated carbocycles. The summed E-state index contributed by atoms with van der Waals surface area (Å²) >= 11 is 0. The number of guanidine groups is 1. The van der Waals surface area contributed by atoms with Gasteiger partial charge in [0.2, 0.25) is 0 Å². The summed E-state index contributed by atoms with van der Waals surface area (Å²) in [5.74, 6) is 1.92. The van der Waals surface area contributed by atoms with Crippen LogP contribution in [0.4, 0.5) is 5.82 Å². The maximum absolute atomic E-state index is 4.59. The maximum atomic E-state index is 4.59. The molecule has 22 heavy (non-hydrogen) atoms. The maximum Gasteiger partial charge on any atom is 0.191 e. The van der Waals surface area contributed by atoms with Gasteiger partial charge in [0, 0.05) is 45.5 Å². The third-order valence-electron chi connectivity index (χ3n) is 3.74. The van der Waals surface area contributed by atoms with Crippen molar-refractivity contribution in [2.75, 3.05) is 51.2 Å².